The molecule has 0 unspecified atom stereocenters. The fourth-order valence-electron chi connectivity index (χ4n) is 1.85. The normalized spacial score (nSPS) is 31.3. The molecule has 1 nitrogen and oxygen atoms in total. The first-order chi connectivity index (χ1) is 6.29. The van der Waals surface area contributed by atoms with Gasteiger partial charge in [-0.05, 0) is 12.5 Å². The molecule has 2 atom stereocenters. The van der Waals surface area contributed by atoms with Crippen LogP contribution >= 0.6 is 0 Å². The lowest BCUT2D eigenvalue weighted by atomic mass is 9.93. The number of ether oxygens (including phenoxy) is 1. The Hall–Kier alpha value is -1.08. The van der Waals surface area contributed by atoms with E-state index < -0.39 is 0 Å². The van der Waals surface area contributed by atoms with Crippen LogP contribution in [-0.4, -0.2) is 6.10 Å². The Bertz CT molecular complexity index is 304. The van der Waals surface area contributed by atoms with Gasteiger partial charge < -0.3 is 4.74 Å². The zero-order valence-electron chi connectivity index (χ0n) is 7.86. The fourth-order valence-corrected chi connectivity index (χ4v) is 1.85. The summed E-state index contributed by atoms with van der Waals surface area (Å²) in [5.74, 6) is 0. The molecule has 1 aromatic carbocycles. The molecule has 0 N–H and O–H groups in total. The van der Waals surface area contributed by atoms with Crippen molar-refractivity contribution >= 4 is 0 Å². The Morgan fingerprint density at radius 2 is 2.08 bits per heavy atom. The van der Waals surface area contributed by atoms with Crippen molar-refractivity contribution in [2.45, 2.75) is 25.0 Å². The minimum absolute atomic E-state index is 0.0665. The SMILES string of the molecule is C=CC[C@@]1(c2ccccc2)O[C@H]1C. The Morgan fingerprint density at radius 3 is 2.54 bits per heavy atom. The summed E-state index contributed by atoms with van der Waals surface area (Å²) >= 11 is 0. The third-order valence-corrected chi connectivity index (χ3v) is 2.70. The predicted octanol–water partition coefficient (Wildman–Crippen LogP) is 2.88. The first-order valence-corrected chi connectivity index (χ1v) is 4.64. The Morgan fingerprint density at radius 1 is 1.46 bits per heavy atom. The number of hydrogen-bond acceptors (Lipinski definition) is 1. The van der Waals surface area contributed by atoms with E-state index in [1.165, 1.54) is 5.56 Å². The van der Waals surface area contributed by atoms with Gasteiger partial charge in [-0.15, -0.1) is 6.58 Å². The quantitative estimate of drug-likeness (QED) is 0.507. The van der Waals surface area contributed by atoms with Gasteiger partial charge in [0.2, 0.25) is 0 Å². The van der Waals surface area contributed by atoms with E-state index in [9.17, 15) is 0 Å². The molecule has 0 amide bonds. The van der Waals surface area contributed by atoms with Gasteiger partial charge in [0, 0.05) is 6.42 Å². The van der Waals surface area contributed by atoms with Crippen molar-refractivity contribution in [2.24, 2.45) is 0 Å². The summed E-state index contributed by atoms with van der Waals surface area (Å²) in [6.07, 6.45) is 3.15. The molecular formula is C12H14O. The van der Waals surface area contributed by atoms with Crippen LogP contribution in [0.5, 0.6) is 0 Å². The van der Waals surface area contributed by atoms with Gasteiger partial charge in [-0.25, -0.2) is 0 Å². The second-order valence-electron chi connectivity index (χ2n) is 3.51. The molecule has 0 aliphatic carbocycles. The predicted molar refractivity (Wildman–Crippen MR) is 53.5 cm³/mol. The summed E-state index contributed by atoms with van der Waals surface area (Å²) in [5.41, 5.74) is 1.20. The van der Waals surface area contributed by atoms with Crippen molar-refractivity contribution in [1.29, 1.82) is 0 Å². The first kappa shape index (κ1) is 8.52. The summed E-state index contributed by atoms with van der Waals surface area (Å²) in [4.78, 5) is 0. The molecule has 0 saturated carbocycles. The van der Waals surface area contributed by atoms with Crippen molar-refractivity contribution < 1.29 is 4.74 Å². The minimum Gasteiger partial charge on any atom is -0.361 e. The molecule has 13 heavy (non-hydrogen) atoms. The highest BCUT2D eigenvalue weighted by Crippen LogP contribution is 2.48. The molecule has 1 aliphatic rings. The van der Waals surface area contributed by atoms with E-state index in [0.29, 0.717) is 6.10 Å². The molecule has 1 fully saturated rings. The minimum atomic E-state index is -0.0665. The highest BCUT2D eigenvalue weighted by atomic mass is 16.6. The molecular weight excluding hydrogens is 160 g/mol. The number of epoxide rings is 1. The summed E-state index contributed by atoms with van der Waals surface area (Å²) in [6, 6.07) is 10.4. The molecule has 0 aromatic heterocycles. The number of hydrogen-bond donors (Lipinski definition) is 0. The largest absolute Gasteiger partial charge is 0.361 e. The van der Waals surface area contributed by atoms with Crippen LogP contribution in [0.2, 0.25) is 0 Å². The Kier molecular flexibility index (Phi) is 1.97. The second-order valence-corrected chi connectivity index (χ2v) is 3.51. The molecule has 1 saturated heterocycles. The molecule has 0 radical (unpaired) electrons. The highest BCUT2D eigenvalue weighted by Gasteiger charge is 2.53. The second kappa shape index (κ2) is 3.00. The molecule has 1 heterocycles. The molecule has 0 spiro atoms. The van der Waals surface area contributed by atoms with Crippen LogP contribution in [0.1, 0.15) is 18.9 Å². The van der Waals surface area contributed by atoms with Gasteiger partial charge in [0.25, 0.3) is 0 Å². The maximum Gasteiger partial charge on any atom is 0.123 e. The van der Waals surface area contributed by atoms with E-state index in [1.54, 1.807) is 0 Å². The van der Waals surface area contributed by atoms with Crippen molar-refractivity contribution in [3.63, 3.8) is 0 Å². The molecule has 1 heteroatoms. The topological polar surface area (TPSA) is 12.5 Å². The van der Waals surface area contributed by atoms with Crippen LogP contribution in [0.4, 0.5) is 0 Å². The highest BCUT2D eigenvalue weighted by molar-refractivity contribution is 5.29. The Balaban J connectivity index is 2.29. The standard InChI is InChI=1S/C12H14O/c1-3-9-12(10(2)13-12)11-7-5-4-6-8-11/h3-8,10H,1,9H2,2H3/t10-,12+/m0/s1. The average Bonchev–Trinajstić information content (AvgIpc) is 2.80. The van der Waals surface area contributed by atoms with Crippen molar-refractivity contribution in [2.75, 3.05) is 0 Å². The van der Waals surface area contributed by atoms with E-state index >= 15 is 0 Å². The van der Waals surface area contributed by atoms with Gasteiger partial charge in [0.15, 0.2) is 0 Å². The van der Waals surface area contributed by atoms with Crippen molar-refractivity contribution in [1.82, 2.24) is 0 Å². The lowest BCUT2D eigenvalue weighted by Gasteiger charge is -2.09. The van der Waals surface area contributed by atoms with Gasteiger partial charge in [0.1, 0.15) is 5.60 Å². The van der Waals surface area contributed by atoms with Crippen LogP contribution in [0.25, 0.3) is 0 Å². The molecule has 2 rings (SSSR count). The Labute approximate surface area is 79.0 Å². The van der Waals surface area contributed by atoms with Crippen LogP contribution in [0.15, 0.2) is 43.0 Å². The summed E-state index contributed by atoms with van der Waals surface area (Å²) < 4.78 is 5.66. The molecule has 0 bridgehead atoms. The smallest absolute Gasteiger partial charge is 0.123 e. The van der Waals surface area contributed by atoms with E-state index in [2.05, 4.69) is 37.8 Å². The molecule has 1 aliphatic heterocycles. The van der Waals surface area contributed by atoms with Gasteiger partial charge in [0.05, 0.1) is 6.10 Å². The monoisotopic (exact) mass is 174 g/mol. The van der Waals surface area contributed by atoms with Crippen LogP contribution in [-0.2, 0) is 10.3 Å². The lowest BCUT2D eigenvalue weighted by molar-refractivity contribution is 0.300. The average molecular weight is 174 g/mol. The van der Waals surface area contributed by atoms with Crippen LogP contribution in [0.3, 0.4) is 0 Å². The van der Waals surface area contributed by atoms with Gasteiger partial charge >= 0.3 is 0 Å². The molecule has 68 valence electrons. The van der Waals surface area contributed by atoms with Gasteiger partial charge in [-0.2, -0.15) is 0 Å². The van der Waals surface area contributed by atoms with E-state index in [4.69, 9.17) is 4.74 Å². The van der Waals surface area contributed by atoms with Crippen molar-refractivity contribution in [3.05, 3.63) is 48.6 Å². The number of benzene rings is 1. The van der Waals surface area contributed by atoms with Crippen molar-refractivity contribution in [3.8, 4) is 0 Å². The van der Waals surface area contributed by atoms with E-state index in [1.807, 2.05) is 12.1 Å². The zero-order valence-corrected chi connectivity index (χ0v) is 7.86. The zero-order chi connectivity index (χ0) is 9.31. The van der Waals surface area contributed by atoms with Gasteiger partial charge in [-0.1, -0.05) is 36.4 Å². The van der Waals surface area contributed by atoms with Gasteiger partial charge in [-0.3, -0.25) is 0 Å². The fraction of sp³-hybridized carbons (Fsp3) is 0.333. The van der Waals surface area contributed by atoms with Crippen LogP contribution < -0.4 is 0 Å². The third-order valence-electron chi connectivity index (χ3n) is 2.70. The summed E-state index contributed by atoms with van der Waals surface area (Å²) in [5, 5.41) is 0. The lowest BCUT2D eigenvalue weighted by Crippen LogP contribution is -2.09. The van der Waals surface area contributed by atoms with Crippen LogP contribution in [0, 0.1) is 0 Å². The number of rotatable bonds is 3. The van der Waals surface area contributed by atoms with E-state index in [0.717, 1.165) is 6.42 Å². The summed E-state index contributed by atoms with van der Waals surface area (Å²) in [6.45, 7) is 5.87. The molecule has 1 aromatic rings. The maximum absolute atomic E-state index is 5.66. The maximum atomic E-state index is 5.66. The first-order valence-electron chi connectivity index (χ1n) is 4.64. The third kappa shape index (κ3) is 1.29. The summed E-state index contributed by atoms with van der Waals surface area (Å²) in [7, 11) is 0. The van der Waals surface area contributed by atoms with E-state index in [-0.39, 0.29) is 5.60 Å².